The number of hydrogen-bond donors (Lipinski definition) is 1. The summed E-state index contributed by atoms with van der Waals surface area (Å²) in [5.41, 5.74) is 1.57. The van der Waals surface area contributed by atoms with Crippen LogP contribution in [-0.2, 0) is 0 Å². The molecule has 106 valence electrons. The topological polar surface area (TPSA) is 12.0 Å². The molecule has 2 rings (SSSR count). The van der Waals surface area contributed by atoms with Gasteiger partial charge in [0.05, 0.1) is 0 Å². The molecule has 0 spiro atoms. The Bertz CT molecular complexity index is 391. The van der Waals surface area contributed by atoms with Crippen LogP contribution in [0.4, 0.5) is 0 Å². The third kappa shape index (κ3) is 3.55. The molecule has 1 aromatic carbocycles. The normalized spacial score (nSPS) is 21.1. The van der Waals surface area contributed by atoms with E-state index in [1.165, 1.54) is 29.9 Å². The van der Waals surface area contributed by atoms with E-state index in [4.69, 9.17) is 0 Å². The van der Waals surface area contributed by atoms with Crippen molar-refractivity contribution in [1.29, 1.82) is 0 Å². The van der Waals surface area contributed by atoms with Crippen LogP contribution in [-0.4, -0.2) is 18.3 Å². The lowest BCUT2D eigenvalue weighted by Gasteiger charge is -2.31. The van der Waals surface area contributed by atoms with Crippen molar-refractivity contribution in [3.63, 3.8) is 0 Å². The van der Waals surface area contributed by atoms with Gasteiger partial charge < -0.3 is 5.32 Å². The van der Waals surface area contributed by atoms with Gasteiger partial charge in [0.15, 0.2) is 0 Å². The van der Waals surface area contributed by atoms with Crippen molar-refractivity contribution < 1.29 is 0 Å². The summed E-state index contributed by atoms with van der Waals surface area (Å²) in [6.07, 6.45) is 3.83. The van der Waals surface area contributed by atoms with Gasteiger partial charge in [0.2, 0.25) is 0 Å². The van der Waals surface area contributed by atoms with Gasteiger partial charge in [-0.25, -0.2) is 0 Å². The van der Waals surface area contributed by atoms with Crippen LogP contribution in [0.1, 0.15) is 51.5 Å². The van der Waals surface area contributed by atoms with Crippen LogP contribution >= 0.6 is 11.8 Å². The SMILES string of the molecule is CCCNC(C(C)CCC)C1CSc2ccccc21. The number of nitrogens with one attached hydrogen (secondary N) is 1. The minimum atomic E-state index is 0.635. The molecule has 3 atom stereocenters. The smallest absolute Gasteiger partial charge is 0.0170 e. The van der Waals surface area contributed by atoms with Crippen LogP contribution in [0.2, 0.25) is 0 Å². The van der Waals surface area contributed by atoms with Gasteiger partial charge in [0.25, 0.3) is 0 Å². The van der Waals surface area contributed by atoms with Gasteiger partial charge in [-0.15, -0.1) is 11.8 Å². The van der Waals surface area contributed by atoms with E-state index >= 15 is 0 Å². The maximum atomic E-state index is 3.82. The average Bonchev–Trinajstić information content (AvgIpc) is 2.84. The fourth-order valence-electron chi connectivity index (χ4n) is 3.17. The molecular formula is C17H27NS. The molecule has 1 aliphatic heterocycles. The van der Waals surface area contributed by atoms with Crippen molar-refractivity contribution in [1.82, 2.24) is 5.32 Å². The first-order valence-electron chi connectivity index (χ1n) is 7.73. The van der Waals surface area contributed by atoms with Crippen LogP contribution in [0.25, 0.3) is 0 Å². The number of hydrogen-bond acceptors (Lipinski definition) is 2. The number of benzene rings is 1. The molecule has 0 saturated heterocycles. The third-order valence-electron chi connectivity index (χ3n) is 4.16. The van der Waals surface area contributed by atoms with Gasteiger partial charge in [-0.3, -0.25) is 0 Å². The maximum absolute atomic E-state index is 3.82. The van der Waals surface area contributed by atoms with Crippen LogP contribution in [0.3, 0.4) is 0 Å². The van der Waals surface area contributed by atoms with E-state index in [-0.39, 0.29) is 0 Å². The standard InChI is InChI=1S/C17H27NS/c1-4-8-13(3)17(18-11-5-2)15-12-19-16-10-7-6-9-14(15)16/h6-7,9-10,13,15,17-18H,4-5,8,11-12H2,1-3H3. The van der Waals surface area contributed by atoms with Gasteiger partial charge >= 0.3 is 0 Å². The predicted octanol–water partition coefficient (Wildman–Crippen LogP) is 4.68. The van der Waals surface area contributed by atoms with Crippen LogP contribution in [0.15, 0.2) is 29.2 Å². The second-order valence-corrected chi connectivity index (χ2v) is 6.76. The van der Waals surface area contributed by atoms with Crippen LogP contribution < -0.4 is 5.32 Å². The first-order chi connectivity index (χ1) is 9.27. The molecule has 1 nitrogen and oxygen atoms in total. The van der Waals surface area contributed by atoms with E-state index in [9.17, 15) is 0 Å². The molecule has 0 radical (unpaired) electrons. The van der Waals surface area contributed by atoms with E-state index in [0.29, 0.717) is 12.0 Å². The molecule has 1 heterocycles. The molecule has 1 N–H and O–H groups in total. The Morgan fingerprint density at radius 3 is 2.79 bits per heavy atom. The van der Waals surface area contributed by atoms with Gasteiger partial charge in [0.1, 0.15) is 0 Å². The lowest BCUT2D eigenvalue weighted by molar-refractivity contribution is 0.320. The summed E-state index contributed by atoms with van der Waals surface area (Å²) in [6.45, 7) is 8.11. The van der Waals surface area contributed by atoms with Crippen LogP contribution in [0.5, 0.6) is 0 Å². The summed E-state index contributed by atoms with van der Waals surface area (Å²) >= 11 is 2.03. The Kier molecular flexibility index (Phi) is 5.77. The molecule has 0 aromatic heterocycles. The average molecular weight is 277 g/mol. The Morgan fingerprint density at radius 2 is 2.05 bits per heavy atom. The lowest BCUT2D eigenvalue weighted by atomic mass is 9.83. The third-order valence-corrected chi connectivity index (χ3v) is 5.37. The van der Waals surface area contributed by atoms with Crippen LogP contribution in [0, 0.1) is 5.92 Å². The molecule has 3 unspecified atom stereocenters. The monoisotopic (exact) mass is 277 g/mol. The number of rotatable bonds is 7. The fraction of sp³-hybridized carbons (Fsp3) is 0.647. The first-order valence-corrected chi connectivity index (χ1v) is 8.71. The minimum Gasteiger partial charge on any atom is -0.313 e. The molecular weight excluding hydrogens is 250 g/mol. The molecule has 0 saturated carbocycles. The first kappa shape index (κ1) is 14.9. The van der Waals surface area contributed by atoms with Gasteiger partial charge in [-0.2, -0.15) is 0 Å². The van der Waals surface area contributed by atoms with Crippen molar-refractivity contribution in [3.05, 3.63) is 29.8 Å². The zero-order valence-corrected chi connectivity index (χ0v) is 13.3. The van der Waals surface area contributed by atoms with Crippen molar-refractivity contribution in [3.8, 4) is 0 Å². The molecule has 0 fully saturated rings. The summed E-state index contributed by atoms with van der Waals surface area (Å²) in [4.78, 5) is 1.50. The largest absolute Gasteiger partial charge is 0.313 e. The van der Waals surface area contributed by atoms with Crippen molar-refractivity contribution in [2.24, 2.45) is 5.92 Å². The van der Waals surface area contributed by atoms with E-state index in [2.05, 4.69) is 50.4 Å². The van der Waals surface area contributed by atoms with Gasteiger partial charge in [0, 0.05) is 22.6 Å². The number of thioether (sulfide) groups is 1. The predicted molar refractivity (Wildman–Crippen MR) is 86.1 cm³/mol. The molecule has 2 heteroatoms. The Labute approximate surface area is 122 Å². The van der Waals surface area contributed by atoms with E-state index in [1.54, 1.807) is 5.56 Å². The highest BCUT2D eigenvalue weighted by Crippen LogP contribution is 2.42. The van der Waals surface area contributed by atoms with E-state index in [0.717, 1.165) is 12.5 Å². The quantitative estimate of drug-likeness (QED) is 0.776. The highest BCUT2D eigenvalue weighted by molar-refractivity contribution is 7.99. The zero-order valence-electron chi connectivity index (χ0n) is 12.5. The molecule has 1 aromatic rings. The summed E-state index contributed by atoms with van der Waals surface area (Å²) in [5.74, 6) is 2.69. The van der Waals surface area contributed by atoms with Gasteiger partial charge in [-0.05, 0) is 36.9 Å². The molecule has 0 amide bonds. The Morgan fingerprint density at radius 1 is 1.26 bits per heavy atom. The van der Waals surface area contributed by atoms with Crippen molar-refractivity contribution in [2.45, 2.75) is 56.9 Å². The van der Waals surface area contributed by atoms with E-state index in [1.807, 2.05) is 11.8 Å². The number of fused-ring (bicyclic) bond motifs is 1. The highest BCUT2D eigenvalue weighted by atomic mass is 32.2. The second kappa shape index (κ2) is 7.35. The highest BCUT2D eigenvalue weighted by Gasteiger charge is 2.32. The Balaban J connectivity index is 2.14. The molecule has 19 heavy (non-hydrogen) atoms. The fourth-order valence-corrected chi connectivity index (χ4v) is 4.48. The summed E-state index contributed by atoms with van der Waals surface area (Å²) in [7, 11) is 0. The Hall–Kier alpha value is -0.470. The maximum Gasteiger partial charge on any atom is 0.0170 e. The van der Waals surface area contributed by atoms with Crippen molar-refractivity contribution >= 4 is 11.8 Å². The molecule has 0 aliphatic carbocycles. The van der Waals surface area contributed by atoms with E-state index < -0.39 is 0 Å². The summed E-state index contributed by atoms with van der Waals surface area (Å²) < 4.78 is 0. The molecule has 0 bridgehead atoms. The second-order valence-electron chi connectivity index (χ2n) is 5.70. The summed E-state index contributed by atoms with van der Waals surface area (Å²) in [5, 5.41) is 3.82. The zero-order chi connectivity index (χ0) is 13.7. The van der Waals surface area contributed by atoms with Crippen molar-refractivity contribution in [2.75, 3.05) is 12.3 Å². The minimum absolute atomic E-state index is 0.635. The van der Waals surface area contributed by atoms with Gasteiger partial charge in [-0.1, -0.05) is 45.4 Å². The summed E-state index contributed by atoms with van der Waals surface area (Å²) in [6, 6.07) is 9.61. The lowest BCUT2D eigenvalue weighted by Crippen LogP contribution is -2.40. The molecule has 1 aliphatic rings.